The largest absolute Gasteiger partial charge is 0.355 e. The standard InChI is InChI=1S/C42H28N2S/c1-3-11-28(12-4-1)29-19-21-30(22-20-29)36-26-32(27-38-35-16-8-10-18-41(35)45-42(36)38)43-31-23-24-40-37(25-31)34-15-7-9-17-39(34)44(40)33-13-5-2-6-14-33/h1-27,43H. The van der Waals surface area contributed by atoms with E-state index in [2.05, 4.69) is 174 Å². The highest BCUT2D eigenvalue weighted by Crippen LogP contribution is 2.43. The van der Waals surface area contributed by atoms with Crippen molar-refractivity contribution in [1.29, 1.82) is 0 Å². The minimum Gasteiger partial charge on any atom is -0.355 e. The van der Waals surface area contributed by atoms with E-state index >= 15 is 0 Å². The number of anilines is 2. The summed E-state index contributed by atoms with van der Waals surface area (Å²) in [6.45, 7) is 0. The number of thiophene rings is 1. The van der Waals surface area contributed by atoms with Gasteiger partial charge >= 0.3 is 0 Å². The van der Waals surface area contributed by atoms with Gasteiger partial charge in [-0.2, -0.15) is 0 Å². The number of aromatic nitrogens is 1. The average molecular weight is 593 g/mol. The van der Waals surface area contributed by atoms with Gasteiger partial charge in [0, 0.05) is 53.6 Å². The summed E-state index contributed by atoms with van der Waals surface area (Å²) in [7, 11) is 0. The molecule has 2 aromatic heterocycles. The van der Waals surface area contributed by atoms with Crippen molar-refractivity contribution in [2.24, 2.45) is 0 Å². The Labute approximate surface area is 265 Å². The van der Waals surface area contributed by atoms with Crippen molar-refractivity contribution in [2.75, 3.05) is 5.32 Å². The summed E-state index contributed by atoms with van der Waals surface area (Å²) in [6.07, 6.45) is 0. The molecule has 0 aliphatic heterocycles. The van der Waals surface area contributed by atoms with Crippen LogP contribution < -0.4 is 5.32 Å². The van der Waals surface area contributed by atoms with Crippen molar-refractivity contribution in [3.8, 4) is 27.9 Å². The molecular weight excluding hydrogens is 565 g/mol. The van der Waals surface area contributed by atoms with Gasteiger partial charge in [-0.05, 0) is 71.3 Å². The van der Waals surface area contributed by atoms with Crippen LogP contribution in [0, 0.1) is 0 Å². The third-order valence-corrected chi connectivity index (χ3v) is 9.98. The van der Waals surface area contributed by atoms with Gasteiger partial charge in [-0.1, -0.05) is 109 Å². The molecule has 1 N–H and O–H groups in total. The third-order valence-electron chi connectivity index (χ3n) is 8.76. The lowest BCUT2D eigenvalue weighted by Crippen LogP contribution is -1.94. The smallest absolute Gasteiger partial charge is 0.0542 e. The molecular formula is C42H28N2S. The Morgan fingerprint density at radius 1 is 0.422 bits per heavy atom. The topological polar surface area (TPSA) is 17.0 Å². The molecule has 0 aliphatic rings. The van der Waals surface area contributed by atoms with E-state index in [0.29, 0.717) is 0 Å². The Kier molecular flexibility index (Phi) is 6.03. The summed E-state index contributed by atoms with van der Waals surface area (Å²) < 4.78 is 4.98. The summed E-state index contributed by atoms with van der Waals surface area (Å²) >= 11 is 1.87. The molecule has 0 bridgehead atoms. The predicted molar refractivity (Wildman–Crippen MR) is 194 cm³/mol. The van der Waals surface area contributed by atoms with Crippen LogP contribution >= 0.6 is 11.3 Å². The van der Waals surface area contributed by atoms with E-state index in [1.807, 2.05) is 11.3 Å². The molecule has 9 rings (SSSR count). The van der Waals surface area contributed by atoms with Gasteiger partial charge in [-0.3, -0.25) is 0 Å². The molecule has 0 spiro atoms. The average Bonchev–Trinajstić information content (AvgIpc) is 3.64. The lowest BCUT2D eigenvalue weighted by molar-refractivity contribution is 1.18. The second-order valence-electron chi connectivity index (χ2n) is 11.5. The van der Waals surface area contributed by atoms with Gasteiger partial charge in [0.05, 0.1) is 11.0 Å². The molecule has 3 heteroatoms. The van der Waals surface area contributed by atoms with Crippen LogP contribution in [0.2, 0.25) is 0 Å². The quantitative estimate of drug-likeness (QED) is 0.210. The van der Waals surface area contributed by atoms with Gasteiger partial charge in [-0.25, -0.2) is 0 Å². The van der Waals surface area contributed by atoms with Crippen LogP contribution in [-0.4, -0.2) is 4.57 Å². The fourth-order valence-electron chi connectivity index (χ4n) is 6.66. The van der Waals surface area contributed by atoms with Crippen LogP contribution in [0.4, 0.5) is 11.4 Å². The van der Waals surface area contributed by atoms with Gasteiger partial charge in [0.2, 0.25) is 0 Å². The molecule has 0 saturated carbocycles. The second kappa shape index (κ2) is 10.5. The summed E-state index contributed by atoms with van der Waals surface area (Å²) in [5, 5.41) is 8.86. The molecule has 0 atom stereocenters. The van der Waals surface area contributed by atoms with Crippen LogP contribution in [-0.2, 0) is 0 Å². The number of para-hydroxylation sites is 2. The molecule has 0 saturated heterocycles. The number of rotatable bonds is 5. The summed E-state index contributed by atoms with van der Waals surface area (Å²) in [6, 6.07) is 59.0. The molecule has 2 nitrogen and oxygen atoms in total. The molecule has 9 aromatic rings. The summed E-state index contributed by atoms with van der Waals surface area (Å²) in [4.78, 5) is 0. The van der Waals surface area contributed by atoms with E-state index in [9.17, 15) is 0 Å². The lowest BCUT2D eigenvalue weighted by Gasteiger charge is -2.12. The van der Waals surface area contributed by atoms with E-state index in [1.165, 1.54) is 69.9 Å². The maximum absolute atomic E-state index is 3.80. The fraction of sp³-hybridized carbons (Fsp3) is 0. The minimum atomic E-state index is 1.07. The van der Waals surface area contributed by atoms with Crippen LogP contribution in [0.1, 0.15) is 0 Å². The van der Waals surface area contributed by atoms with E-state index in [-0.39, 0.29) is 0 Å². The first-order valence-electron chi connectivity index (χ1n) is 15.3. The molecule has 212 valence electrons. The number of nitrogens with one attached hydrogen (secondary N) is 1. The summed E-state index contributed by atoms with van der Waals surface area (Å²) in [5.74, 6) is 0. The zero-order chi connectivity index (χ0) is 29.7. The Morgan fingerprint density at radius 2 is 1.04 bits per heavy atom. The number of benzene rings is 7. The molecule has 7 aromatic carbocycles. The third kappa shape index (κ3) is 4.40. The highest BCUT2D eigenvalue weighted by atomic mass is 32.1. The molecule has 45 heavy (non-hydrogen) atoms. The zero-order valence-corrected chi connectivity index (χ0v) is 25.3. The Bertz CT molecular complexity index is 2490. The van der Waals surface area contributed by atoms with Gasteiger partial charge in [-0.15, -0.1) is 11.3 Å². The first-order chi connectivity index (χ1) is 22.3. The summed E-state index contributed by atoms with van der Waals surface area (Å²) in [5.41, 5.74) is 10.7. The first-order valence-corrected chi connectivity index (χ1v) is 16.1. The molecule has 0 aliphatic carbocycles. The van der Waals surface area contributed by atoms with Crippen molar-refractivity contribution in [3.05, 3.63) is 164 Å². The highest BCUT2D eigenvalue weighted by Gasteiger charge is 2.15. The SMILES string of the molecule is c1ccc(-c2ccc(-c3cc(Nc4ccc5c(c4)c4ccccc4n5-c4ccccc4)cc4c3sc3ccccc34)cc2)cc1. The van der Waals surface area contributed by atoms with Gasteiger partial charge < -0.3 is 9.88 Å². The molecule has 0 radical (unpaired) electrons. The van der Waals surface area contributed by atoms with Crippen molar-refractivity contribution >= 4 is 64.7 Å². The Hall–Kier alpha value is -5.64. The number of fused-ring (bicyclic) bond motifs is 6. The Balaban J connectivity index is 1.18. The molecule has 2 heterocycles. The number of hydrogen-bond donors (Lipinski definition) is 1. The monoisotopic (exact) mass is 592 g/mol. The van der Waals surface area contributed by atoms with Crippen LogP contribution in [0.3, 0.4) is 0 Å². The number of nitrogens with zero attached hydrogens (tertiary/aromatic N) is 1. The molecule has 0 fully saturated rings. The minimum absolute atomic E-state index is 1.07. The van der Waals surface area contributed by atoms with Crippen molar-refractivity contribution in [2.45, 2.75) is 0 Å². The normalized spacial score (nSPS) is 11.6. The first kappa shape index (κ1) is 25.8. The zero-order valence-electron chi connectivity index (χ0n) is 24.4. The maximum atomic E-state index is 3.80. The lowest BCUT2D eigenvalue weighted by atomic mass is 9.98. The number of hydrogen-bond acceptors (Lipinski definition) is 2. The van der Waals surface area contributed by atoms with Crippen molar-refractivity contribution in [1.82, 2.24) is 4.57 Å². The second-order valence-corrected chi connectivity index (χ2v) is 12.5. The van der Waals surface area contributed by atoms with Crippen LogP contribution in [0.15, 0.2) is 164 Å². The Morgan fingerprint density at radius 3 is 1.87 bits per heavy atom. The van der Waals surface area contributed by atoms with Crippen LogP contribution in [0.25, 0.3) is 69.9 Å². The van der Waals surface area contributed by atoms with Crippen LogP contribution in [0.5, 0.6) is 0 Å². The van der Waals surface area contributed by atoms with Crippen molar-refractivity contribution in [3.63, 3.8) is 0 Å². The van der Waals surface area contributed by atoms with E-state index in [0.717, 1.165) is 11.4 Å². The molecule has 0 amide bonds. The van der Waals surface area contributed by atoms with Crippen molar-refractivity contribution < 1.29 is 0 Å². The fourth-order valence-corrected chi connectivity index (χ4v) is 7.88. The maximum Gasteiger partial charge on any atom is 0.0542 e. The predicted octanol–water partition coefficient (Wildman–Crippen LogP) is 12.2. The van der Waals surface area contributed by atoms with Gasteiger partial charge in [0.25, 0.3) is 0 Å². The highest BCUT2D eigenvalue weighted by molar-refractivity contribution is 7.26. The van der Waals surface area contributed by atoms with E-state index in [1.54, 1.807) is 0 Å². The van der Waals surface area contributed by atoms with Gasteiger partial charge in [0.15, 0.2) is 0 Å². The molecule has 0 unspecified atom stereocenters. The van der Waals surface area contributed by atoms with E-state index < -0.39 is 0 Å². The van der Waals surface area contributed by atoms with Gasteiger partial charge in [0.1, 0.15) is 0 Å². The van der Waals surface area contributed by atoms with E-state index in [4.69, 9.17) is 0 Å².